The van der Waals surface area contributed by atoms with Crippen LogP contribution in [0.1, 0.15) is 16.7 Å². The molecule has 0 N–H and O–H groups in total. The highest BCUT2D eigenvalue weighted by atomic mass is 35.5. The second-order valence-electron chi connectivity index (χ2n) is 7.01. The number of pyridine rings is 1. The predicted octanol–water partition coefficient (Wildman–Crippen LogP) is 3.88. The molecule has 0 radical (unpaired) electrons. The third-order valence-electron chi connectivity index (χ3n) is 4.88. The molecule has 4 aromatic rings. The van der Waals surface area contributed by atoms with Crippen molar-refractivity contribution in [2.75, 3.05) is 0 Å². The van der Waals surface area contributed by atoms with Crippen LogP contribution in [0.4, 0.5) is 0 Å². The minimum absolute atomic E-state index is 0.332. The molecular formula is C22H20ClN5O2. The monoisotopic (exact) mass is 421 g/mol. The van der Waals surface area contributed by atoms with E-state index in [1.807, 2.05) is 50.2 Å². The van der Waals surface area contributed by atoms with Gasteiger partial charge in [0, 0.05) is 18.8 Å². The number of ether oxygens (including phenoxy) is 1. The molecule has 8 heteroatoms. The topological polar surface area (TPSA) is 74.8 Å². The maximum atomic E-state index is 12.3. The molecule has 0 saturated heterocycles. The van der Waals surface area contributed by atoms with Crippen molar-refractivity contribution in [3.05, 3.63) is 86.9 Å². The minimum atomic E-state index is -0.332. The molecule has 2 aromatic heterocycles. The third-order valence-corrected chi connectivity index (χ3v) is 5.10. The highest BCUT2D eigenvalue weighted by Gasteiger charge is 2.15. The average molecular weight is 422 g/mol. The van der Waals surface area contributed by atoms with Crippen LogP contribution in [0.15, 0.2) is 59.5 Å². The zero-order valence-corrected chi connectivity index (χ0v) is 17.6. The minimum Gasteiger partial charge on any atom is -0.486 e. The zero-order valence-electron chi connectivity index (χ0n) is 16.8. The van der Waals surface area contributed by atoms with Crippen LogP contribution in [-0.2, 0) is 13.7 Å². The molecule has 0 bridgehead atoms. The lowest BCUT2D eigenvalue weighted by molar-refractivity contribution is 0.301. The number of aromatic nitrogens is 5. The van der Waals surface area contributed by atoms with Crippen LogP contribution in [0.2, 0.25) is 5.02 Å². The van der Waals surface area contributed by atoms with E-state index in [1.165, 1.54) is 9.36 Å². The van der Waals surface area contributed by atoms with Gasteiger partial charge in [-0.3, -0.25) is 4.98 Å². The molecule has 0 atom stereocenters. The van der Waals surface area contributed by atoms with Crippen molar-refractivity contribution in [1.82, 2.24) is 24.8 Å². The van der Waals surface area contributed by atoms with E-state index in [2.05, 4.69) is 21.5 Å². The van der Waals surface area contributed by atoms with Crippen molar-refractivity contribution in [2.45, 2.75) is 20.5 Å². The molecule has 2 aromatic carbocycles. The van der Waals surface area contributed by atoms with Crippen molar-refractivity contribution < 1.29 is 4.74 Å². The highest BCUT2D eigenvalue weighted by Crippen LogP contribution is 2.28. The van der Waals surface area contributed by atoms with Crippen LogP contribution >= 0.6 is 11.6 Å². The van der Waals surface area contributed by atoms with E-state index >= 15 is 0 Å². The van der Waals surface area contributed by atoms with E-state index in [9.17, 15) is 4.79 Å². The summed E-state index contributed by atoms with van der Waals surface area (Å²) in [7, 11) is 1.56. The summed E-state index contributed by atoms with van der Waals surface area (Å²) >= 11 is 5.93. The normalized spacial score (nSPS) is 10.9. The molecular weight excluding hydrogens is 402 g/mol. The Bertz CT molecular complexity index is 1260. The Labute approximate surface area is 178 Å². The van der Waals surface area contributed by atoms with E-state index in [-0.39, 0.29) is 5.69 Å². The Morgan fingerprint density at radius 3 is 2.53 bits per heavy atom. The fourth-order valence-corrected chi connectivity index (χ4v) is 3.28. The first-order valence-electron chi connectivity index (χ1n) is 9.37. The maximum absolute atomic E-state index is 12.3. The number of tetrazole rings is 1. The van der Waals surface area contributed by atoms with Gasteiger partial charge in [0.1, 0.15) is 18.0 Å². The first-order valence-corrected chi connectivity index (χ1v) is 9.75. The van der Waals surface area contributed by atoms with Gasteiger partial charge in [-0.25, -0.2) is 4.79 Å². The van der Waals surface area contributed by atoms with E-state index in [0.717, 1.165) is 27.9 Å². The summed E-state index contributed by atoms with van der Waals surface area (Å²) in [4.78, 5) is 16.7. The van der Waals surface area contributed by atoms with E-state index in [1.54, 1.807) is 19.3 Å². The maximum Gasteiger partial charge on any atom is 0.368 e. The SMILES string of the molecule is Cc1cc(-c2ccc(Cl)cn2)ccc1COc1c(C)cccc1-n1nnn(C)c1=O. The second kappa shape index (κ2) is 8.12. The highest BCUT2D eigenvalue weighted by molar-refractivity contribution is 6.30. The molecule has 0 aliphatic rings. The van der Waals surface area contributed by atoms with Gasteiger partial charge in [-0.15, -0.1) is 0 Å². The molecule has 0 aliphatic carbocycles. The number of aryl methyl sites for hydroxylation is 3. The van der Waals surface area contributed by atoms with Gasteiger partial charge in [0.05, 0.1) is 10.7 Å². The number of halogens is 1. The molecule has 0 fully saturated rings. The molecule has 0 amide bonds. The summed E-state index contributed by atoms with van der Waals surface area (Å²) in [6.45, 7) is 4.32. The summed E-state index contributed by atoms with van der Waals surface area (Å²) in [5.41, 5.74) is 5.12. The standard InChI is InChI=1S/C22H20ClN5O2/c1-14-5-4-6-20(28-22(29)27(3)25-26-28)21(14)30-13-17-8-7-16(11-15(17)2)19-10-9-18(23)12-24-19/h4-12H,13H2,1-3H3. The lowest BCUT2D eigenvalue weighted by Gasteiger charge is -2.15. The summed E-state index contributed by atoms with van der Waals surface area (Å²) < 4.78 is 8.57. The quantitative estimate of drug-likeness (QED) is 0.489. The van der Waals surface area contributed by atoms with Crippen LogP contribution < -0.4 is 10.4 Å². The van der Waals surface area contributed by atoms with Crippen LogP contribution in [0.25, 0.3) is 16.9 Å². The second-order valence-corrected chi connectivity index (χ2v) is 7.45. The number of nitrogens with zero attached hydrogens (tertiary/aromatic N) is 5. The molecule has 0 spiro atoms. The van der Waals surface area contributed by atoms with Gasteiger partial charge in [0.25, 0.3) is 0 Å². The molecule has 30 heavy (non-hydrogen) atoms. The Hall–Kier alpha value is -3.45. The number of para-hydroxylation sites is 1. The van der Waals surface area contributed by atoms with Crippen molar-refractivity contribution in [3.8, 4) is 22.7 Å². The molecule has 2 heterocycles. The summed E-state index contributed by atoms with van der Waals surface area (Å²) in [5, 5.41) is 8.33. The first kappa shape index (κ1) is 19.8. The van der Waals surface area contributed by atoms with Crippen molar-refractivity contribution in [2.24, 2.45) is 7.05 Å². The van der Waals surface area contributed by atoms with Crippen LogP contribution in [-0.4, -0.2) is 24.8 Å². The number of rotatable bonds is 5. The lowest BCUT2D eigenvalue weighted by Crippen LogP contribution is -2.22. The van der Waals surface area contributed by atoms with Gasteiger partial charge >= 0.3 is 5.69 Å². The van der Waals surface area contributed by atoms with E-state index < -0.39 is 0 Å². The van der Waals surface area contributed by atoms with Gasteiger partial charge in [-0.05, 0) is 65.2 Å². The first-order chi connectivity index (χ1) is 14.4. The van der Waals surface area contributed by atoms with E-state index in [4.69, 9.17) is 16.3 Å². The summed E-state index contributed by atoms with van der Waals surface area (Å²) in [5.74, 6) is 0.600. The Balaban J connectivity index is 1.60. The largest absolute Gasteiger partial charge is 0.486 e. The van der Waals surface area contributed by atoms with Gasteiger partial charge < -0.3 is 4.74 Å². The van der Waals surface area contributed by atoms with Crippen molar-refractivity contribution in [3.63, 3.8) is 0 Å². The third kappa shape index (κ3) is 3.84. The number of hydrogen-bond donors (Lipinski definition) is 0. The molecule has 7 nitrogen and oxygen atoms in total. The fourth-order valence-electron chi connectivity index (χ4n) is 3.17. The fraction of sp³-hybridized carbons (Fsp3) is 0.182. The Morgan fingerprint density at radius 2 is 1.87 bits per heavy atom. The zero-order chi connectivity index (χ0) is 21.3. The van der Waals surface area contributed by atoms with Gasteiger partial charge in [0.2, 0.25) is 0 Å². The van der Waals surface area contributed by atoms with Crippen LogP contribution in [0, 0.1) is 13.8 Å². The van der Waals surface area contributed by atoms with Crippen molar-refractivity contribution >= 4 is 11.6 Å². The van der Waals surface area contributed by atoms with Gasteiger partial charge in [-0.2, -0.15) is 9.36 Å². The van der Waals surface area contributed by atoms with E-state index in [0.29, 0.717) is 23.1 Å². The Kier molecular flexibility index (Phi) is 5.37. The molecule has 0 unspecified atom stereocenters. The molecule has 0 saturated carbocycles. The van der Waals surface area contributed by atoms with Gasteiger partial charge in [0.15, 0.2) is 0 Å². The molecule has 152 valence electrons. The number of hydrogen-bond acceptors (Lipinski definition) is 5. The smallest absolute Gasteiger partial charge is 0.368 e. The molecule has 4 rings (SSSR count). The summed E-state index contributed by atoms with van der Waals surface area (Å²) in [6.07, 6.45) is 1.64. The Morgan fingerprint density at radius 1 is 1.03 bits per heavy atom. The lowest BCUT2D eigenvalue weighted by atomic mass is 10.0. The van der Waals surface area contributed by atoms with Gasteiger partial charge in [-0.1, -0.05) is 35.9 Å². The summed E-state index contributed by atoms with van der Waals surface area (Å²) in [6, 6.07) is 15.4. The number of benzene rings is 2. The predicted molar refractivity (Wildman–Crippen MR) is 115 cm³/mol. The van der Waals surface area contributed by atoms with Crippen LogP contribution in [0.3, 0.4) is 0 Å². The molecule has 0 aliphatic heterocycles. The van der Waals surface area contributed by atoms with Crippen LogP contribution in [0.5, 0.6) is 5.75 Å². The van der Waals surface area contributed by atoms with Crippen molar-refractivity contribution in [1.29, 1.82) is 0 Å². The average Bonchev–Trinajstić information content (AvgIpc) is 3.07.